The molecule has 0 unspecified atom stereocenters. The van der Waals surface area contributed by atoms with Gasteiger partial charge in [-0.25, -0.2) is 5.84 Å². The molecule has 36 heavy (non-hydrogen) atoms. The van der Waals surface area contributed by atoms with E-state index in [-0.39, 0.29) is 6.61 Å². The number of rotatable bonds is 7. The number of aromatic nitrogens is 1. The van der Waals surface area contributed by atoms with Crippen LogP contribution in [0.5, 0.6) is 5.75 Å². The molecule has 0 atom stereocenters. The Balaban J connectivity index is 0.000000850. The fourth-order valence-corrected chi connectivity index (χ4v) is 3.88. The second-order valence-corrected chi connectivity index (χ2v) is 7.91. The van der Waals surface area contributed by atoms with Crippen LogP contribution in [-0.4, -0.2) is 30.1 Å². The molecule has 0 aliphatic heterocycles. The standard InChI is InChI=1S/C26H26N4O.C2H6O.CH2O/c1-3-15-30-25-16-22(31-18-19-7-5-4-6-8-19)13-14-23(25)24(17-27)26(30)20-9-11-21(12-10-20)29(2)28;1-2-3;1-2/h4-14,16H,3,15,18,28H2,1-2H3;3H,2H2,1H3;1H2. The molecule has 4 rings (SSSR count). The van der Waals surface area contributed by atoms with Crippen LogP contribution in [-0.2, 0) is 17.9 Å². The molecular formula is C29H34N4O3. The molecule has 0 saturated heterocycles. The fourth-order valence-electron chi connectivity index (χ4n) is 3.88. The van der Waals surface area contributed by atoms with Gasteiger partial charge in [-0.1, -0.05) is 49.4 Å². The smallest absolute Gasteiger partial charge is 0.121 e. The minimum absolute atomic E-state index is 0.250. The maximum Gasteiger partial charge on any atom is 0.121 e. The van der Waals surface area contributed by atoms with Crippen LogP contribution in [0.3, 0.4) is 0 Å². The Bertz CT molecular complexity index is 1260. The van der Waals surface area contributed by atoms with Crippen molar-refractivity contribution >= 4 is 23.4 Å². The zero-order chi connectivity index (χ0) is 26.5. The quantitative estimate of drug-likeness (QED) is 0.272. The van der Waals surface area contributed by atoms with E-state index in [1.165, 1.54) is 0 Å². The lowest BCUT2D eigenvalue weighted by Gasteiger charge is -2.14. The predicted octanol–water partition coefficient (Wildman–Crippen LogP) is 5.29. The lowest BCUT2D eigenvalue weighted by atomic mass is 10.1. The normalized spacial score (nSPS) is 9.89. The molecule has 0 aliphatic rings. The Labute approximate surface area is 212 Å². The first kappa shape index (κ1) is 28.1. The van der Waals surface area contributed by atoms with Crippen molar-refractivity contribution in [2.45, 2.75) is 33.4 Å². The summed E-state index contributed by atoms with van der Waals surface area (Å²) < 4.78 is 8.27. The van der Waals surface area contributed by atoms with Crippen LogP contribution in [0.25, 0.3) is 22.2 Å². The number of nitrogens with zero attached hydrogens (tertiary/aromatic N) is 3. The Morgan fingerprint density at radius 2 is 1.69 bits per heavy atom. The number of hydrogen-bond donors (Lipinski definition) is 2. The number of benzene rings is 3. The zero-order valence-electron chi connectivity index (χ0n) is 21.1. The molecule has 3 N–H and O–H groups in total. The van der Waals surface area contributed by atoms with Crippen molar-refractivity contribution in [2.24, 2.45) is 5.84 Å². The predicted molar refractivity (Wildman–Crippen MR) is 146 cm³/mol. The third kappa shape index (κ3) is 6.72. The first-order chi connectivity index (χ1) is 17.5. The number of fused-ring (bicyclic) bond motifs is 1. The molecule has 7 nitrogen and oxygen atoms in total. The van der Waals surface area contributed by atoms with Crippen molar-refractivity contribution in [3.8, 4) is 23.1 Å². The highest BCUT2D eigenvalue weighted by Crippen LogP contribution is 2.36. The Morgan fingerprint density at radius 3 is 2.25 bits per heavy atom. The van der Waals surface area contributed by atoms with Gasteiger partial charge in [0.2, 0.25) is 0 Å². The second kappa shape index (κ2) is 14.3. The summed E-state index contributed by atoms with van der Waals surface area (Å²) >= 11 is 0. The topological polar surface area (TPSA) is 105 Å². The van der Waals surface area contributed by atoms with Crippen LogP contribution in [0, 0.1) is 11.3 Å². The number of aryl methyl sites for hydroxylation is 1. The van der Waals surface area contributed by atoms with Gasteiger partial charge in [0.15, 0.2) is 0 Å². The molecule has 0 aliphatic carbocycles. The summed E-state index contributed by atoms with van der Waals surface area (Å²) in [5, 5.41) is 20.1. The Hall–Kier alpha value is -4.12. The van der Waals surface area contributed by atoms with E-state index < -0.39 is 0 Å². The molecule has 0 saturated carbocycles. The van der Waals surface area contributed by atoms with Crippen LogP contribution in [0.2, 0.25) is 0 Å². The third-order valence-corrected chi connectivity index (χ3v) is 5.39. The van der Waals surface area contributed by atoms with Crippen molar-refractivity contribution in [2.75, 3.05) is 18.7 Å². The zero-order valence-corrected chi connectivity index (χ0v) is 21.1. The highest BCUT2D eigenvalue weighted by molar-refractivity contribution is 5.95. The average molecular weight is 487 g/mol. The molecule has 3 aromatic carbocycles. The molecule has 0 bridgehead atoms. The maximum absolute atomic E-state index is 10.0. The van der Waals surface area contributed by atoms with E-state index in [1.807, 2.05) is 79.6 Å². The van der Waals surface area contributed by atoms with Crippen LogP contribution in [0.4, 0.5) is 5.69 Å². The minimum atomic E-state index is 0.250. The summed E-state index contributed by atoms with van der Waals surface area (Å²) in [6.07, 6.45) is 0.959. The van der Waals surface area contributed by atoms with Crippen LogP contribution >= 0.6 is 0 Å². The van der Waals surface area contributed by atoms with E-state index in [0.29, 0.717) is 12.2 Å². The lowest BCUT2D eigenvalue weighted by Crippen LogP contribution is -2.24. The highest BCUT2D eigenvalue weighted by atomic mass is 16.5. The number of carbonyl (C=O) groups excluding carboxylic acids is 1. The summed E-state index contributed by atoms with van der Waals surface area (Å²) in [7, 11) is 1.81. The second-order valence-electron chi connectivity index (χ2n) is 7.91. The molecule has 0 amide bonds. The van der Waals surface area contributed by atoms with E-state index in [2.05, 4.69) is 17.6 Å². The first-order valence-electron chi connectivity index (χ1n) is 11.8. The molecule has 7 heteroatoms. The summed E-state index contributed by atoms with van der Waals surface area (Å²) in [6, 6.07) is 26.5. The monoisotopic (exact) mass is 486 g/mol. The van der Waals surface area contributed by atoms with Crippen molar-refractivity contribution < 1.29 is 14.6 Å². The third-order valence-electron chi connectivity index (χ3n) is 5.39. The van der Waals surface area contributed by atoms with Gasteiger partial charge in [0.1, 0.15) is 25.2 Å². The first-order valence-corrected chi connectivity index (χ1v) is 11.8. The van der Waals surface area contributed by atoms with E-state index in [1.54, 1.807) is 19.0 Å². The molecule has 4 aromatic rings. The van der Waals surface area contributed by atoms with E-state index >= 15 is 0 Å². The fraction of sp³-hybridized carbons (Fsp3) is 0.241. The molecule has 1 heterocycles. The van der Waals surface area contributed by atoms with Crippen molar-refractivity contribution in [3.63, 3.8) is 0 Å². The lowest BCUT2D eigenvalue weighted by molar-refractivity contribution is -0.0980. The van der Waals surface area contributed by atoms with Gasteiger partial charge in [0, 0.05) is 31.7 Å². The molecular weight excluding hydrogens is 452 g/mol. The number of hydrogen-bond acceptors (Lipinski definition) is 6. The van der Waals surface area contributed by atoms with Gasteiger partial charge in [0.25, 0.3) is 0 Å². The summed E-state index contributed by atoms with van der Waals surface area (Å²) in [6.45, 7) is 7.39. The maximum atomic E-state index is 10.0. The molecule has 188 valence electrons. The van der Waals surface area contributed by atoms with Gasteiger partial charge in [-0.15, -0.1) is 0 Å². The van der Waals surface area contributed by atoms with Crippen LogP contribution in [0.15, 0.2) is 72.8 Å². The summed E-state index contributed by atoms with van der Waals surface area (Å²) in [5.74, 6) is 6.64. The van der Waals surface area contributed by atoms with Gasteiger partial charge < -0.3 is 24.2 Å². The number of nitrogens with two attached hydrogens (primary N) is 1. The van der Waals surface area contributed by atoms with Gasteiger partial charge in [-0.2, -0.15) is 5.26 Å². The molecule has 0 radical (unpaired) electrons. The Morgan fingerprint density at radius 1 is 1.06 bits per heavy atom. The summed E-state index contributed by atoms with van der Waals surface area (Å²) in [4.78, 5) is 8.00. The van der Waals surface area contributed by atoms with E-state index in [9.17, 15) is 5.26 Å². The van der Waals surface area contributed by atoms with Crippen LogP contribution in [0.1, 0.15) is 31.4 Å². The number of aliphatic hydroxyl groups excluding tert-OH is 1. The molecule has 1 aromatic heterocycles. The van der Waals surface area contributed by atoms with E-state index in [0.717, 1.165) is 52.1 Å². The Kier molecular flexibility index (Phi) is 11.2. The number of carbonyl (C=O) groups is 1. The number of aliphatic hydroxyl groups is 1. The minimum Gasteiger partial charge on any atom is -0.489 e. The van der Waals surface area contributed by atoms with Crippen molar-refractivity contribution in [3.05, 3.63) is 83.9 Å². The number of anilines is 1. The highest BCUT2D eigenvalue weighted by Gasteiger charge is 2.19. The van der Waals surface area contributed by atoms with Gasteiger partial charge in [0.05, 0.1) is 22.5 Å². The largest absolute Gasteiger partial charge is 0.489 e. The van der Waals surface area contributed by atoms with Crippen molar-refractivity contribution in [1.82, 2.24) is 4.57 Å². The SMILES string of the molecule is C=O.CCCn1c(-c2ccc(N(C)N)cc2)c(C#N)c2ccc(OCc3ccccc3)cc21.CCO. The van der Waals surface area contributed by atoms with Gasteiger partial charge >= 0.3 is 0 Å². The molecule has 0 spiro atoms. The summed E-state index contributed by atoms with van der Waals surface area (Å²) in [5.41, 5.74) is 5.67. The van der Waals surface area contributed by atoms with E-state index in [4.69, 9.17) is 20.5 Å². The van der Waals surface area contributed by atoms with Gasteiger partial charge in [-0.05, 0) is 48.7 Å². The van der Waals surface area contributed by atoms with Crippen LogP contribution < -0.4 is 15.6 Å². The number of ether oxygens (including phenoxy) is 1. The molecule has 0 fully saturated rings. The van der Waals surface area contributed by atoms with Crippen molar-refractivity contribution in [1.29, 1.82) is 5.26 Å². The number of hydrazine groups is 1. The number of nitriles is 1. The van der Waals surface area contributed by atoms with Gasteiger partial charge in [-0.3, -0.25) is 0 Å². The average Bonchev–Trinajstić information content (AvgIpc) is 3.22.